The van der Waals surface area contributed by atoms with Gasteiger partial charge in [-0.25, -0.2) is 13.6 Å². The predicted molar refractivity (Wildman–Crippen MR) is 82.3 cm³/mol. The zero-order valence-corrected chi connectivity index (χ0v) is 13.5. The molecule has 1 heterocycles. The molecule has 1 aromatic carbocycles. The average Bonchev–Trinajstić information content (AvgIpc) is 2.41. The van der Waals surface area contributed by atoms with Crippen LogP contribution in [-0.4, -0.2) is 64.6 Å². The lowest BCUT2D eigenvalue weighted by Gasteiger charge is -2.32. The summed E-state index contributed by atoms with van der Waals surface area (Å²) in [5.41, 5.74) is 0. The SMILES string of the molecule is CN1CCN(CCOc2ccc(S(N)(=O)=O)cc2Cl)CC1. The summed E-state index contributed by atoms with van der Waals surface area (Å²) in [5.74, 6) is 0.471. The normalized spacial score (nSPS) is 17.9. The van der Waals surface area contributed by atoms with Crippen LogP contribution in [0.1, 0.15) is 0 Å². The number of hydrogen-bond donors (Lipinski definition) is 1. The summed E-state index contributed by atoms with van der Waals surface area (Å²) in [7, 11) is -1.63. The summed E-state index contributed by atoms with van der Waals surface area (Å²) >= 11 is 6.01. The quantitative estimate of drug-likeness (QED) is 0.854. The van der Waals surface area contributed by atoms with Crippen molar-refractivity contribution in [2.75, 3.05) is 46.4 Å². The van der Waals surface area contributed by atoms with E-state index in [0.717, 1.165) is 32.7 Å². The number of primary sulfonamides is 1. The molecule has 0 saturated carbocycles. The molecular weight excluding hydrogens is 314 g/mol. The maximum absolute atomic E-state index is 11.2. The predicted octanol–water partition coefficient (Wildman–Crippen LogP) is 0.614. The van der Waals surface area contributed by atoms with Crippen molar-refractivity contribution >= 4 is 21.6 Å². The van der Waals surface area contributed by atoms with Gasteiger partial charge in [-0.3, -0.25) is 4.90 Å². The van der Waals surface area contributed by atoms with Gasteiger partial charge in [0, 0.05) is 32.7 Å². The second kappa shape index (κ2) is 6.93. The van der Waals surface area contributed by atoms with E-state index >= 15 is 0 Å². The number of benzene rings is 1. The van der Waals surface area contributed by atoms with Gasteiger partial charge >= 0.3 is 0 Å². The van der Waals surface area contributed by atoms with Crippen LogP contribution in [0.2, 0.25) is 5.02 Å². The van der Waals surface area contributed by atoms with Gasteiger partial charge in [-0.1, -0.05) is 11.6 Å². The topological polar surface area (TPSA) is 75.9 Å². The molecular formula is C13H20ClN3O3S. The van der Waals surface area contributed by atoms with Crippen LogP contribution in [0.15, 0.2) is 23.1 Å². The molecule has 6 nitrogen and oxygen atoms in total. The highest BCUT2D eigenvalue weighted by Crippen LogP contribution is 2.26. The first-order valence-electron chi connectivity index (χ1n) is 6.72. The van der Waals surface area contributed by atoms with Crippen LogP contribution < -0.4 is 9.88 Å². The Morgan fingerprint density at radius 2 is 1.95 bits per heavy atom. The second-order valence-electron chi connectivity index (χ2n) is 5.13. The van der Waals surface area contributed by atoms with Gasteiger partial charge < -0.3 is 9.64 Å². The van der Waals surface area contributed by atoms with Crippen molar-refractivity contribution in [3.8, 4) is 5.75 Å². The zero-order valence-electron chi connectivity index (χ0n) is 12.0. The van der Waals surface area contributed by atoms with Gasteiger partial charge in [0.1, 0.15) is 12.4 Å². The van der Waals surface area contributed by atoms with E-state index in [1.807, 2.05) is 0 Å². The molecule has 118 valence electrons. The van der Waals surface area contributed by atoms with Crippen LogP contribution in [0, 0.1) is 0 Å². The van der Waals surface area contributed by atoms with Crippen molar-refractivity contribution in [3.05, 3.63) is 23.2 Å². The number of halogens is 1. The lowest BCUT2D eigenvalue weighted by atomic mass is 10.3. The number of piperazine rings is 1. The van der Waals surface area contributed by atoms with Crippen molar-refractivity contribution in [2.45, 2.75) is 4.90 Å². The molecule has 1 aliphatic rings. The van der Waals surface area contributed by atoms with E-state index in [-0.39, 0.29) is 9.92 Å². The number of nitrogens with zero attached hydrogens (tertiary/aromatic N) is 2. The number of nitrogens with two attached hydrogens (primary N) is 1. The van der Waals surface area contributed by atoms with Crippen LogP contribution in [0.25, 0.3) is 0 Å². The largest absolute Gasteiger partial charge is 0.491 e. The Labute approximate surface area is 130 Å². The third-order valence-electron chi connectivity index (χ3n) is 3.49. The Hall–Kier alpha value is -0.860. The summed E-state index contributed by atoms with van der Waals surface area (Å²) in [5, 5.41) is 5.30. The molecule has 0 aromatic heterocycles. The van der Waals surface area contributed by atoms with Crippen molar-refractivity contribution < 1.29 is 13.2 Å². The lowest BCUT2D eigenvalue weighted by molar-refractivity contribution is 0.134. The van der Waals surface area contributed by atoms with Crippen molar-refractivity contribution in [1.29, 1.82) is 0 Å². The molecule has 0 atom stereocenters. The third kappa shape index (κ3) is 4.82. The molecule has 0 amide bonds. The molecule has 0 bridgehead atoms. The standard InChI is InChI=1S/C13H20ClN3O3S/c1-16-4-6-17(7-5-16)8-9-20-13-3-2-11(10-12(13)14)21(15,18)19/h2-3,10H,4-9H2,1H3,(H2,15,18,19). The third-order valence-corrected chi connectivity index (χ3v) is 4.70. The van der Waals surface area contributed by atoms with E-state index in [1.165, 1.54) is 18.2 Å². The number of sulfonamides is 1. The maximum atomic E-state index is 11.2. The fourth-order valence-corrected chi connectivity index (χ4v) is 2.97. The van der Waals surface area contributed by atoms with Crippen molar-refractivity contribution in [1.82, 2.24) is 9.80 Å². The van der Waals surface area contributed by atoms with Gasteiger partial charge in [-0.05, 0) is 25.2 Å². The molecule has 1 aliphatic heterocycles. The zero-order chi connectivity index (χ0) is 15.5. The summed E-state index contributed by atoms with van der Waals surface area (Å²) in [6.45, 7) is 5.50. The highest BCUT2D eigenvalue weighted by molar-refractivity contribution is 7.89. The van der Waals surface area contributed by atoms with Gasteiger partial charge in [0.05, 0.1) is 9.92 Å². The monoisotopic (exact) mass is 333 g/mol. The van der Waals surface area contributed by atoms with Crippen molar-refractivity contribution in [3.63, 3.8) is 0 Å². The number of likely N-dealkylation sites (N-methyl/N-ethyl adjacent to an activating group) is 1. The Morgan fingerprint density at radius 1 is 1.29 bits per heavy atom. The Balaban J connectivity index is 1.86. The van der Waals surface area contributed by atoms with E-state index < -0.39 is 10.0 Å². The van der Waals surface area contributed by atoms with Crippen molar-refractivity contribution in [2.24, 2.45) is 5.14 Å². The van der Waals surface area contributed by atoms with Gasteiger partial charge in [0.15, 0.2) is 0 Å². The number of ether oxygens (including phenoxy) is 1. The highest BCUT2D eigenvalue weighted by atomic mass is 35.5. The molecule has 2 N–H and O–H groups in total. The molecule has 1 aromatic rings. The van der Waals surface area contributed by atoms with Crippen LogP contribution in [0.3, 0.4) is 0 Å². The first-order chi connectivity index (χ1) is 9.86. The molecule has 0 spiro atoms. The Kier molecular flexibility index (Phi) is 5.45. The molecule has 0 radical (unpaired) electrons. The lowest BCUT2D eigenvalue weighted by Crippen LogP contribution is -2.45. The van der Waals surface area contributed by atoms with Crippen LogP contribution >= 0.6 is 11.6 Å². The summed E-state index contributed by atoms with van der Waals surface area (Å²) in [6.07, 6.45) is 0. The van der Waals surface area contributed by atoms with E-state index in [2.05, 4.69) is 16.8 Å². The molecule has 2 rings (SSSR count). The van der Waals surface area contributed by atoms with Crippen LogP contribution in [-0.2, 0) is 10.0 Å². The van der Waals surface area contributed by atoms with Gasteiger partial charge in [0.2, 0.25) is 10.0 Å². The minimum atomic E-state index is -3.74. The summed E-state index contributed by atoms with van der Waals surface area (Å²) in [4.78, 5) is 4.60. The number of hydrogen-bond acceptors (Lipinski definition) is 5. The molecule has 21 heavy (non-hydrogen) atoms. The smallest absolute Gasteiger partial charge is 0.238 e. The molecule has 0 aliphatic carbocycles. The van der Waals surface area contributed by atoms with Crippen LogP contribution in [0.5, 0.6) is 5.75 Å². The van der Waals surface area contributed by atoms with E-state index in [0.29, 0.717) is 12.4 Å². The fraction of sp³-hybridized carbons (Fsp3) is 0.538. The average molecular weight is 334 g/mol. The maximum Gasteiger partial charge on any atom is 0.238 e. The molecule has 1 saturated heterocycles. The molecule has 1 fully saturated rings. The first-order valence-corrected chi connectivity index (χ1v) is 8.65. The number of rotatable bonds is 5. The Morgan fingerprint density at radius 3 is 2.52 bits per heavy atom. The summed E-state index contributed by atoms with van der Waals surface area (Å²) < 4.78 is 28.0. The van der Waals surface area contributed by atoms with Gasteiger partial charge in [0.25, 0.3) is 0 Å². The van der Waals surface area contributed by atoms with Crippen LogP contribution in [0.4, 0.5) is 0 Å². The highest BCUT2D eigenvalue weighted by Gasteiger charge is 2.14. The van der Waals surface area contributed by atoms with E-state index in [4.69, 9.17) is 21.5 Å². The van der Waals surface area contributed by atoms with E-state index in [1.54, 1.807) is 0 Å². The second-order valence-corrected chi connectivity index (χ2v) is 7.10. The molecule has 8 heteroatoms. The fourth-order valence-electron chi connectivity index (χ4n) is 2.13. The molecule has 0 unspecified atom stereocenters. The first kappa shape index (κ1) is 16.5. The minimum absolute atomic E-state index is 0.0149. The summed E-state index contributed by atoms with van der Waals surface area (Å²) in [6, 6.07) is 4.24. The van der Waals surface area contributed by atoms with Gasteiger partial charge in [-0.15, -0.1) is 0 Å². The Bertz CT molecular complexity index is 586. The van der Waals surface area contributed by atoms with Gasteiger partial charge in [-0.2, -0.15) is 0 Å². The minimum Gasteiger partial charge on any atom is -0.491 e. The van der Waals surface area contributed by atoms with E-state index in [9.17, 15) is 8.42 Å².